The van der Waals surface area contributed by atoms with E-state index in [2.05, 4.69) is 448 Å². The van der Waals surface area contributed by atoms with Crippen molar-refractivity contribution < 1.29 is 19.2 Å². The number of rotatable bonds is 7. The van der Waals surface area contributed by atoms with E-state index in [9.17, 15) is 20.2 Å². The number of aromatic amines is 1. The molecule has 2 heterocycles. The van der Waals surface area contributed by atoms with Gasteiger partial charge >= 0.3 is 7.12 Å². The molecule has 0 atom stereocenters. The number of aromatic nitrogens is 1. The molecule has 5 aliphatic rings. The Labute approximate surface area is 852 Å². The standard InChI is InChI=1S/C29H21NO2.C29H21N.C25H27BO2.C19H15Br.C18H15P.C10H6BrNO2/c1-29(2)25-13-7-12-22(23-15-14-18-8-5-6-11-21(18)28(23)30(31)32)27(25)24-16-19-9-3-4-10-20(19)17-26(24)29;1-29(2)23-13-14-25-27(21-12-11-17-7-5-6-10-20(17)28(21)30-25)26(23)22-15-18-8-3-4-9-19(18)16-24(22)29;1-23(2)19-12-9-13-21(26-27-24(3,4)25(5,6)28-26)22(19)18-14-16-10-7-8-11-17(16)15-20(18)23;1-19(2)15-8-5-9-17(20)18(15)14-10-12-6-3-4-7-13(12)11-16(14)19;1-4-10-16(11-5-1)19(17-12-6-2-7-13-17)18-14-8-3-9-15-18;11-9-6-5-7-3-1-2-4-8(7)10(9)12(13)14/h3-17H,1-2H3;3-16,30H,1-2H3;7-15H,1-6H3;3-11H,1-2H3;1-15H;1-6H. The van der Waals surface area contributed by atoms with Gasteiger partial charge in [0, 0.05) is 53.4 Å². The summed E-state index contributed by atoms with van der Waals surface area (Å²) in [7, 11) is -0.800. The zero-order valence-electron chi connectivity index (χ0n) is 81.9. The summed E-state index contributed by atoms with van der Waals surface area (Å²) in [6, 6.07) is 145. The largest absolute Gasteiger partial charge is 0.495 e. The Morgan fingerprint density at radius 1 is 0.266 bits per heavy atom. The van der Waals surface area contributed by atoms with Gasteiger partial charge in [-0.15, -0.1) is 0 Å². The first-order valence-electron chi connectivity index (χ1n) is 48.9. The number of halogens is 2. The number of H-pyrrole nitrogens is 1. The molecule has 0 saturated carbocycles. The smallest absolute Gasteiger partial charge is 0.399 e. The minimum atomic E-state index is -0.446. The first kappa shape index (κ1) is 93.4. The Balaban J connectivity index is 0.000000100. The van der Waals surface area contributed by atoms with Gasteiger partial charge in [0.05, 0.1) is 47.4 Å². The van der Waals surface area contributed by atoms with Crippen LogP contribution in [0.4, 0.5) is 11.4 Å². The third kappa shape index (κ3) is 16.2. The summed E-state index contributed by atoms with van der Waals surface area (Å²) in [6.07, 6.45) is 0. The first-order chi connectivity index (χ1) is 68.9. The van der Waals surface area contributed by atoms with Gasteiger partial charge in [0.15, 0.2) is 0 Å². The second-order valence-corrected chi connectivity index (χ2v) is 45.1. The Hall–Kier alpha value is -14.6. The lowest BCUT2D eigenvalue weighted by atomic mass is 9.73. The van der Waals surface area contributed by atoms with Crippen LogP contribution >= 0.6 is 39.8 Å². The van der Waals surface area contributed by atoms with Gasteiger partial charge in [-0.25, -0.2) is 0 Å². The quantitative estimate of drug-likeness (QED) is 0.0734. The van der Waals surface area contributed by atoms with E-state index in [-0.39, 0.29) is 61.2 Å². The van der Waals surface area contributed by atoms with E-state index < -0.39 is 7.92 Å². The Morgan fingerprint density at radius 3 is 1.05 bits per heavy atom. The van der Waals surface area contributed by atoms with Crippen LogP contribution in [-0.4, -0.2) is 33.2 Å². The molecule has 0 bridgehead atoms. The number of nitro groups is 2. The second-order valence-electron chi connectivity index (χ2n) is 41.1. The maximum Gasteiger partial charge on any atom is 0.495 e. The topological polar surface area (TPSA) is 121 Å². The minimum Gasteiger partial charge on any atom is -0.399 e. The molecule has 21 aromatic carbocycles. The highest BCUT2D eigenvalue weighted by molar-refractivity contribution is 9.11. The zero-order chi connectivity index (χ0) is 98.9. The van der Waals surface area contributed by atoms with Crippen LogP contribution in [0.25, 0.3) is 153 Å². The fourth-order valence-corrected chi connectivity index (χ4v) is 26.1. The second kappa shape index (κ2) is 36.4. The van der Waals surface area contributed by atoms with Crippen LogP contribution in [0.15, 0.2) is 421 Å². The minimum absolute atomic E-state index is 0.0106. The van der Waals surface area contributed by atoms with E-state index in [1.54, 1.807) is 18.2 Å². The molecule has 0 radical (unpaired) electrons. The summed E-state index contributed by atoms with van der Waals surface area (Å²) in [5.74, 6) is 0. The normalized spacial score (nSPS) is 14.8. The summed E-state index contributed by atoms with van der Waals surface area (Å²) in [6.45, 7) is 26.9. The van der Waals surface area contributed by atoms with Gasteiger partial charge in [-0.2, -0.15) is 0 Å². The molecule has 1 N–H and O–H groups in total. The molecule has 1 aromatic heterocycles. The van der Waals surface area contributed by atoms with Crippen molar-refractivity contribution in [2.24, 2.45) is 0 Å². The van der Waals surface area contributed by atoms with Crippen LogP contribution in [0.5, 0.6) is 0 Å². The fraction of sp³-hybridized carbons (Fsp3) is 0.138. The number of nitrogens with zero attached hydrogens (tertiary/aromatic N) is 2. The lowest BCUT2D eigenvalue weighted by Gasteiger charge is -2.32. The van der Waals surface area contributed by atoms with Crippen LogP contribution < -0.4 is 21.4 Å². The van der Waals surface area contributed by atoms with Crippen LogP contribution in [-0.2, 0) is 31.0 Å². The van der Waals surface area contributed by atoms with Crippen molar-refractivity contribution in [3.63, 3.8) is 0 Å². The molecule has 1 fully saturated rings. The van der Waals surface area contributed by atoms with Gasteiger partial charge in [0.25, 0.3) is 11.4 Å². The van der Waals surface area contributed by atoms with Crippen LogP contribution in [0.1, 0.15) is 128 Å². The molecule has 0 amide bonds. The summed E-state index contributed by atoms with van der Waals surface area (Å²) in [5.41, 5.74) is 25.9. The predicted molar refractivity (Wildman–Crippen MR) is 609 cm³/mol. The van der Waals surface area contributed by atoms with Crippen LogP contribution in [0, 0.1) is 20.2 Å². The van der Waals surface area contributed by atoms with Gasteiger partial charge < -0.3 is 14.3 Å². The Bertz CT molecular complexity index is 8810. The number of nitro benzene ring substituents is 2. The monoisotopic (exact) mass is 2000 g/mol. The van der Waals surface area contributed by atoms with Gasteiger partial charge in [-0.3, -0.25) is 20.2 Å². The molecule has 1 saturated heterocycles. The molecular weight excluding hydrogens is 1900 g/mol. The molecule has 1 aliphatic heterocycles. The Kier molecular flexibility index (Phi) is 23.8. The number of nitrogens with one attached hydrogen (secondary N) is 1. The molecule has 22 aromatic rings. The van der Waals surface area contributed by atoms with Crippen molar-refractivity contribution in [2.45, 2.75) is 116 Å². The van der Waals surface area contributed by atoms with E-state index in [4.69, 9.17) is 9.31 Å². The lowest BCUT2D eigenvalue weighted by molar-refractivity contribution is -0.383. The highest BCUT2D eigenvalue weighted by Gasteiger charge is 2.54. The van der Waals surface area contributed by atoms with Crippen molar-refractivity contribution in [1.29, 1.82) is 0 Å². The fourth-order valence-electron chi connectivity index (χ4n) is 22.7. The molecule has 4 aliphatic carbocycles. The van der Waals surface area contributed by atoms with Crippen LogP contribution in [0.3, 0.4) is 0 Å². The molecule has 0 unspecified atom stereocenters. The van der Waals surface area contributed by atoms with Gasteiger partial charge in [0.2, 0.25) is 0 Å². The number of hydrogen-bond donors (Lipinski definition) is 1. The molecular formula is C130H105BBr2N3O6P. The van der Waals surface area contributed by atoms with E-state index in [1.807, 2.05) is 66.7 Å². The third-order valence-electron chi connectivity index (χ3n) is 30.8. The van der Waals surface area contributed by atoms with Crippen molar-refractivity contribution in [3.05, 3.63) is 486 Å². The average Bonchev–Trinajstić information content (AvgIpc) is 1.55. The number of fused-ring (bicyclic) bond motifs is 24. The lowest BCUT2D eigenvalue weighted by Crippen LogP contribution is -2.41. The molecule has 9 nitrogen and oxygen atoms in total. The molecule has 13 heteroatoms. The number of benzene rings is 21. The van der Waals surface area contributed by atoms with Crippen molar-refractivity contribution in [2.75, 3.05) is 0 Å². The summed E-state index contributed by atoms with van der Waals surface area (Å²) < 4.78 is 14.6. The van der Waals surface area contributed by atoms with Crippen molar-refractivity contribution in [1.82, 2.24) is 4.98 Å². The molecule has 698 valence electrons. The summed E-state index contributed by atoms with van der Waals surface area (Å²) in [4.78, 5) is 26.2. The van der Waals surface area contributed by atoms with E-state index in [0.29, 0.717) is 20.8 Å². The molecule has 27 rings (SSSR count). The first-order valence-corrected chi connectivity index (χ1v) is 51.8. The third-order valence-corrected chi connectivity index (χ3v) is 34.5. The van der Waals surface area contributed by atoms with Crippen LogP contribution in [0.2, 0.25) is 0 Å². The average molecular weight is 2010 g/mol. The van der Waals surface area contributed by atoms with E-state index >= 15 is 0 Å². The van der Waals surface area contributed by atoms with Gasteiger partial charge in [-0.1, -0.05) is 399 Å². The van der Waals surface area contributed by atoms with E-state index in [0.717, 1.165) is 27.4 Å². The SMILES string of the molecule is CC1(C)c2cc3ccccc3cc2-c2c(-c3ccc4ccccc4c3[N+](=O)[O-])cccc21.CC1(C)c2cc3ccccc3cc2-c2c(B3OC(C)(C)C(C)(C)O3)cccc21.CC1(C)c2cc3ccccc3cc2-c2c(Br)cccc21.CC1(C)c2cc3ccccc3cc2-c2c1ccc1[nH]c3c4ccccc4ccc3c21.O=[N+]([O-])c1c(Br)ccc2ccccc12.c1ccc(P(c2ccccc2)c2ccccc2)cc1. The molecule has 143 heavy (non-hydrogen) atoms. The van der Waals surface area contributed by atoms with Gasteiger partial charge in [-0.05, 0) is 306 Å². The van der Waals surface area contributed by atoms with Gasteiger partial charge in [0.1, 0.15) is 0 Å². The highest BCUT2D eigenvalue weighted by Crippen LogP contribution is 2.59. The molecule has 0 spiro atoms. The summed E-state index contributed by atoms with van der Waals surface area (Å²) in [5, 5.41) is 45.8. The maximum absolute atomic E-state index is 12.3. The van der Waals surface area contributed by atoms with Crippen molar-refractivity contribution >= 4 is 177 Å². The predicted octanol–water partition coefficient (Wildman–Crippen LogP) is 34.1. The summed E-state index contributed by atoms with van der Waals surface area (Å²) >= 11 is 6.91. The zero-order valence-corrected chi connectivity index (χ0v) is 86.0. The highest BCUT2D eigenvalue weighted by atomic mass is 79.9. The van der Waals surface area contributed by atoms with E-state index in [1.165, 1.54) is 180 Å². The van der Waals surface area contributed by atoms with Crippen molar-refractivity contribution in [3.8, 4) is 55.6 Å². The Morgan fingerprint density at radius 2 is 0.601 bits per heavy atom. The number of hydrogen-bond acceptors (Lipinski definition) is 6. The maximum atomic E-state index is 12.3.